The van der Waals surface area contributed by atoms with Crippen LogP contribution in [0.3, 0.4) is 0 Å². The van der Waals surface area contributed by atoms with Crippen LogP contribution in [0.2, 0.25) is 0 Å². The number of hydrogen-bond acceptors (Lipinski definition) is 4. The Kier molecular flexibility index (Phi) is 10.2. The highest BCUT2D eigenvalue weighted by atomic mass is 16.4. The molecule has 0 amide bonds. The van der Waals surface area contributed by atoms with Crippen LogP contribution in [-0.4, -0.2) is 32.4 Å². The molecule has 0 aliphatic carbocycles. The molecule has 2 aromatic carbocycles. The highest BCUT2D eigenvalue weighted by Crippen LogP contribution is 2.40. The lowest BCUT2D eigenvalue weighted by atomic mass is 9.93. The van der Waals surface area contributed by atoms with Crippen molar-refractivity contribution in [3.63, 3.8) is 0 Å². The van der Waals surface area contributed by atoms with Gasteiger partial charge in [-0.2, -0.15) is 0 Å². The number of fused-ring (bicyclic) bond motifs is 1. The third kappa shape index (κ3) is 7.25. The van der Waals surface area contributed by atoms with E-state index in [0.717, 1.165) is 36.8 Å². The van der Waals surface area contributed by atoms with Gasteiger partial charge < -0.3 is 20.4 Å². The third-order valence-corrected chi connectivity index (χ3v) is 3.29. The first-order chi connectivity index (χ1) is 12.2. The van der Waals surface area contributed by atoms with Gasteiger partial charge in [-0.3, -0.25) is 9.59 Å². The fourth-order valence-corrected chi connectivity index (χ4v) is 2.38. The molecule has 4 N–H and O–H groups in total. The lowest BCUT2D eigenvalue weighted by molar-refractivity contribution is -0.135. The summed E-state index contributed by atoms with van der Waals surface area (Å²) in [6, 6.07) is 7.65. The van der Waals surface area contributed by atoms with Crippen LogP contribution in [0.4, 0.5) is 0 Å². The Balaban J connectivity index is 0.000000662. The van der Waals surface area contributed by atoms with Gasteiger partial charge >= 0.3 is 0 Å². The topological polar surface area (TPSA) is 115 Å². The van der Waals surface area contributed by atoms with Crippen molar-refractivity contribution in [2.45, 2.75) is 40.5 Å². The van der Waals surface area contributed by atoms with E-state index in [9.17, 15) is 10.2 Å². The van der Waals surface area contributed by atoms with Gasteiger partial charge in [0.25, 0.3) is 11.9 Å². The predicted molar refractivity (Wildman–Crippen MR) is 102 cm³/mol. The van der Waals surface area contributed by atoms with Crippen LogP contribution >= 0.6 is 0 Å². The Morgan fingerprint density at radius 1 is 0.923 bits per heavy atom. The summed E-state index contributed by atoms with van der Waals surface area (Å²) in [5.74, 6) is -1.65. The molecule has 0 heterocycles. The maximum absolute atomic E-state index is 10.1. The number of hydrogen-bond donors (Lipinski definition) is 4. The van der Waals surface area contributed by atoms with Gasteiger partial charge in [-0.1, -0.05) is 43.3 Å². The van der Waals surface area contributed by atoms with E-state index in [1.807, 2.05) is 44.2 Å². The van der Waals surface area contributed by atoms with E-state index in [-0.39, 0.29) is 11.5 Å². The number of carboxylic acids is 2. The van der Waals surface area contributed by atoms with Gasteiger partial charge in [-0.15, -0.1) is 0 Å². The molecule has 0 radical (unpaired) electrons. The number of carboxylic acid groups (broad SMARTS) is 2. The number of allylic oxidation sites excluding steroid dienone is 2. The highest BCUT2D eigenvalue weighted by Gasteiger charge is 2.16. The Hall–Kier alpha value is -3.02. The Labute approximate surface area is 153 Å². The van der Waals surface area contributed by atoms with E-state index < -0.39 is 11.9 Å². The molecule has 0 aromatic heterocycles. The van der Waals surface area contributed by atoms with Gasteiger partial charge in [-0.25, -0.2) is 0 Å². The molecular weight excluding hydrogens is 336 g/mol. The molecule has 2 aromatic rings. The van der Waals surface area contributed by atoms with E-state index in [1.165, 1.54) is 0 Å². The molecule has 0 bridgehead atoms. The van der Waals surface area contributed by atoms with Crippen LogP contribution in [0, 0.1) is 0 Å². The number of phenols is 2. The second kappa shape index (κ2) is 11.5. The first-order valence-electron chi connectivity index (χ1n) is 8.11. The predicted octanol–water partition coefficient (Wildman–Crippen LogP) is 4.11. The first-order valence-corrected chi connectivity index (χ1v) is 8.11. The lowest BCUT2D eigenvalue weighted by Crippen LogP contribution is -1.95. The highest BCUT2D eigenvalue weighted by molar-refractivity contribution is 5.94. The van der Waals surface area contributed by atoms with Gasteiger partial charge in [0.15, 0.2) is 11.5 Å². The normalized spacial score (nSPS) is 9.85. The summed E-state index contributed by atoms with van der Waals surface area (Å²) in [6.45, 7) is 6.14. The standard InChI is InChI=1S/C16H18O2.2C2H4O2/c1-3-5-8-12-11(4-2)15(17)16(18)14-10-7-6-9-13(12)14;2*1-2(3)4/h3,5-7,9-10,17-18H,4,8H2,1-2H3;2*1H3,(H,3,4). The molecule has 0 aliphatic rings. The zero-order chi connectivity index (χ0) is 20.3. The summed E-state index contributed by atoms with van der Waals surface area (Å²) in [5.41, 5.74) is 1.94. The van der Waals surface area contributed by atoms with Crippen LogP contribution in [0.1, 0.15) is 38.8 Å². The van der Waals surface area contributed by atoms with Gasteiger partial charge in [0, 0.05) is 24.8 Å². The molecule has 0 unspecified atom stereocenters. The van der Waals surface area contributed by atoms with E-state index in [2.05, 4.69) is 6.08 Å². The maximum Gasteiger partial charge on any atom is 0.300 e. The molecule has 0 aliphatic heterocycles. The molecule has 0 fully saturated rings. The summed E-state index contributed by atoms with van der Waals surface area (Å²) in [7, 11) is 0. The van der Waals surface area contributed by atoms with Crippen LogP contribution < -0.4 is 0 Å². The number of phenolic OH excluding ortho intramolecular Hbond substituents is 2. The van der Waals surface area contributed by atoms with Crippen molar-refractivity contribution in [3.8, 4) is 11.5 Å². The van der Waals surface area contributed by atoms with Gasteiger partial charge in [0.1, 0.15) is 0 Å². The van der Waals surface area contributed by atoms with Crippen LogP contribution in [-0.2, 0) is 22.4 Å². The second-order valence-electron chi connectivity index (χ2n) is 5.36. The Morgan fingerprint density at radius 3 is 1.81 bits per heavy atom. The van der Waals surface area contributed by atoms with Gasteiger partial charge in [0.05, 0.1) is 0 Å². The largest absolute Gasteiger partial charge is 0.504 e. The number of rotatable bonds is 3. The van der Waals surface area contributed by atoms with Crippen molar-refractivity contribution in [2.24, 2.45) is 0 Å². The molecular formula is C20H26O6. The van der Waals surface area contributed by atoms with E-state index in [1.54, 1.807) is 0 Å². The minimum absolute atomic E-state index is 0.00771. The average Bonchev–Trinajstić information content (AvgIpc) is 2.56. The minimum atomic E-state index is -0.833. The maximum atomic E-state index is 10.1. The second-order valence-corrected chi connectivity index (χ2v) is 5.36. The molecule has 0 saturated carbocycles. The van der Waals surface area contributed by atoms with E-state index in [4.69, 9.17) is 19.8 Å². The number of carbonyl (C=O) groups is 2. The van der Waals surface area contributed by atoms with Crippen molar-refractivity contribution in [1.82, 2.24) is 0 Å². The minimum Gasteiger partial charge on any atom is -0.504 e. The zero-order valence-electron chi connectivity index (χ0n) is 15.5. The summed E-state index contributed by atoms with van der Waals surface area (Å²) in [4.78, 5) is 18.0. The van der Waals surface area contributed by atoms with Crippen molar-refractivity contribution < 1.29 is 30.0 Å². The average molecular weight is 362 g/mol. The number of benzene rings is 2. The number of aromatic hydroxyl groups is 2. The summed E-state index contributed by atoms with van der Waals surface area (Å²) in [6.07, 6.45) is 5.54. The lowest BCUT2D eigenvalue weighted by Gasteiger charge is -2.14. The molecule has 0 saturated heterocycles. The van der Waals surface area contributed by atoms with Crippen molar-refractivity contribution in [2.75, 3.05) is 0 Å². The SMILES string of the molecule is CC(=O)O.CC(=O)O.CC=CCc1c(CC)c(O)c(O)c2ccccc12. The zero-order valence-corrected chi connectivity index (χ0v) is 15.5. The fraction of sp³-hybridized carbons (Fsp3) is 0.300. The first kappa shape index (κ1) is 23.0. The fourth-order valence-electron chi connectivity index (χ4n) is 2.38. The van der Waals surface area contributed by atoms with Crippen molar-refractivity contribution in [3.05, 3.63) is 47.5 Å². The third-order valence-electron chi connectivity index (χ3n) is 3.29. The van der Waals surface area contributed by atoms with Crippen LogP contribution in [0.5, 0.6) is 11.5 Å². The van der Waals surface area contributed by atoms with Crippen molar-refractivity contribution in [1.29, 1.82) is 0 Å². The van der Waals surface area contributed by atoms with Crippen LogP contribution in [0.15, 0.2) is 36.4 Å². The van der Waals surface area contributed by atoms with Gasteiger partial charge in [-0.05, 0) is 30.7 Å². The summed E-state index contributed by atoms with van der Waals surface area (Å²) < 4.78 is 0. The Bertz CT molecular complexity index is 757. The van der Waals surface area contributed by atoms with Gasteiger partial charge in [0.2, 0.25) is 0 Å². The van der Waals surface area contributed by atoms with Crippen LogP contribution in [0.25, 0.3) is 10.8 Å². The number of aliphatic carboxylic acids is 2. The molecule has 0 spiro atoms. The smallest absolute Gasteiger partial charge is 0.300 e. The molecule has 6 nitrogen and oxygen atoms in total. The molecule has 0 atom stereocenters. The quantitative estimate of drug-likeness (QED) is 0.482. The monoisotopic (exact) mass is 362 g/mol. The summed E-state index contributed by atoms with van der Waals surface area (Å²) >= 11 is 0. The molecule has 26 heavy (non-hydrogen) atoms. The van der Waals surface area contributed by atoms with Crippen molar-refractivity contribution >= 4 is 22.7 Å². The van der Waals surface area contributed by atoms with E-state index >= 15 is 0 Å². The molecule has 6 heteroatoms. The van der Waals surface area contributed by atoms with E-state index in [0.29, 0.717) is 11.8 Å². The molecule has 142 valence electrons. The summed E-state index contributed by atoms with van der Waals surface area (Å²) in [5, 5.41) is 36.7. The molecule has 2 rings (SSSR count). The Morgan fingerprint density at radius 2 is 1.38 bits per heavy atom.